The van der Waals surface area contributed by atoms with Gasteiger partial charge < -0.3 is 9.15 Å². The van der Waals surface area contributed by atoms with Crippen molar-refractivity contribution in [1.82, 2.24) is 0 Å². The highest BCUT2D eigenvalue weighted by Crippen LogP contribution is 2.28. The summed E-state index contributed by atoms with van der Waals surface area (Å²) in [7, 11) is 1.24. The van der Waals surface area contributed by atoms with Gasteiger partial charge >= 0.3 is 5.97 Å². The zero-order valence-corrected chi connectivity index (χ0v) is 13.4. The van der Waals surface area contributed by atoms with Gasteiger partial charge in [0.25, 0.3) is 5.69 Å². The molecule has 0 spiro atoms. The van der Waals surface area contributed by atoms with Crippen LogP contribution in [0.4, 0.5) is 5.69 Å². The summed E-state index contributed by atoms with van der Waals surface area (Å²) in [6.07, 6.45) is 0. The number of hydrogen-bond donors (Lipinski definition) is 0. The summed E-state index contributed by atoms with van der Waals surface area (Å²) in [5, 5.41) is 11.0. The van der Waals surface area contributed by atoms with Crippen molar-refractivity contribution in [1.29, 1.82) is 0 Å². The first kappa shape index (κ1) is 16.4. The molecule has 0 amide bonds. The average molecular weight is 339 g/mol. The van der Waals surface area contributed by atoms with Gasteiger partial charge in [0, 0.05) is 23.3 Å². The topological polar surface area (TPSA) is 99.7 Å². The molecule has 126 valence electrons. The number of carbonyl (C=O) groups excluding carboxylic acids is 1. The minimum atomic E-state index is -0.618. The number of nitrogens with zero attached hydrogens (tertiary/aromatic N) is 1. The lowest BCUT2D eigenvalue weighted by atomic mass is 10.0. The number of methoxy groups -OCH3 is 1. The standard InChI is InChI=1S/C18H13NO6/c1-10-15(20)13-4-3-5-14(18(21)24-2)17(13)25-16(10)11-6-8-12(9-7-11)19(22)23/h3-9H,1-2H3. The number of non-ortho nitro benzene ring substituents is 1. The van der Waals surface area contributed by atoms with Crippen LogP contribution in [0.5, 0.6) is 0 Å². The van der Waals surface area contributed by atoms with Gasteiger partial charge in [0.1, 0.15) is 11.3 Å². The lowest BCUT2D eigenvalue weighted by Gasteiger charge is -2.09. The molecule has 0 radical (unpaired) electrons. The molecule has 0 saturated carbocycles. The van der Waals surface area contributed by atoms with Crippen LogP contribution in [0.25, 0.3) is 22.3 Å². The van der Waals surface area contributed by atoms with Crippen molar-refractivity contribution >= 4 is 22.6 Å². The molecule has 0 fully saturated rings. The quantitative estimate of drug-likeness (QED) is 0.411. The lowest BCUT2D eigenvalue weighted by Crippen LogP contribution is -2.10. The van der Waals surface area contributed by atoms with Gasteiger partial charge in [-0.1, -0.05) is 6.07 Å². The molecule has 7 heteroatoms. The number of carbonyl (C=O) groups is 1. The van der Waals surface area contributed by atoms with E-state index in [9.17, 15) is 19.7 Å². The highest BCUT2D eigenvalue weighted by Gasteiger charge is 2.19. The van der Waals surface area contributed by atoms with E-state index in [4.69, 9.17) is 9.15 Å². The average Bonchev–Trinajstić information content (AvgIpc) is 2.63. The van der Waals surface area contributed by atoms with Gasteiger partial charge in [-0.2, -0.15) is 0 Å². The zero-order chi connectivity index (χ0) is 18.1. The van der Waals surface area contributed by atoms with Crippen LogP contribution in [-0.4, -0.2) is 18.0 Å². The van der Waals surface area contributed by atoms with E-state index in [2.05, 4.69) is 0 Å². The van der Waals surface area contributed by atoms with Crippen LogP contribution in [0.15, 0.2) is 51.7 Å². The molecular weight excluding hydrogens is 326 g/mol. The Morgan fingerprint density at radius 2 is 1.84 bits per heavy atom. The smallest absolute Gasteiger partial charge is 0.341 e. The molecule has 0 unspecified atom stereocenters. The van der Waals surface area contributed by atoms with Crippen molar-refractivity contribution in [3.05, 3.63) is 73.9 Å². The van der Waals surface area contributed by atoms with Crippen LogP contribution in [0.2, 0.25) is 0 Å². The number of fused-ring (bicyclic) bond motifs is 1. The molecular formula is C18H13NO6. The minimum absolute atomic E-state index is 0.0696. The second-order valence-corrected chi connectivity index (χ2v) is 5.36. The molecule has 0 N–H and O–H groups in total. The Morgan fingerprint density at radius 3 is 2.44 bits per heavy atom. The summed E-state index contributed by atoms with van der Waals surface area (Å²) in [5.41, 5.74) is 0.767. The Balaban J connectivity index is 2.29. The monoisotopic (exact) mass is 339 g/mol. The van der Waals surface area contributed by atoms with Gasteiger partial charge in [-0.25, -0.2) is 4.79 Å². The van der Waals surface area contributed by atoms with Crippen LogP contribution in [0, 0.1) is 17.0 Å². The number of benzene rings is 2. The fraction of sp³-hybridized carbons (Fsp3) is 0.111. The maximum absolute atomic E-state index is 12.6. The maximum Gasteiger partial charge on any atom is 0.341 e. The molecule has 1 heterocycles. The summed E-state index contributed by atoms with van der Waals surface area (Å²) < 4.78 is 10.6. The van der Waals surface area contributed by atoms with E-state index in [0.29, 0.717) is 11.1 Å². The Labute approximate surface area is 141 Å². The predicted octanol–water partition coefficient (Wildman–Crippen LogP) is 3.46. The third-order valence-electron chi connectivity index (χ3n) is 3.89. The largest absolute Gasteiger partial charge is 0.465 e. The van der Waals surface area contributed by atoms with Crippen LogP contribution in [-0.2, 0) is 4.74 Å². The van der Waals surface area contributed by atoms with Gasteiger partial charge in [0.15, 0.2) is 11.0 Å². The number of nitro benzene ring substituents is 1. The molecule has 25 heavy (non-hydrogen) atoms. The number of esters is 1. The third kappa shape index (κ3) is 2.76. The Hall–Kier alpha value is -3.48. The second kappa shape index (κ2) is 6.20. The van der Waals surface area contributed by atoms with Crippen molar-refractivity contribution in [3.63, 3.8) is 0 Å². The molecule has 0 saturated heterocycles. The second-order valence-electron chi connectivity index (χ2n) is 5.36. The normalized spacial score (nSPS) is 10.6. The Kier molecular flexibility index (Phi) is 4.06. The van der Waals surface area contributed by atoms with E-state index in [-0.39, 0.29) is 33.4 Å². The Morgan fingerprint density at radius 1 is 1.16 bits per heavy atom. The molecule has 2 aromatic carbocycles. The van der Waals surface area contributed by atoms with E-state index < -0.39 is 10.9 Å². The first-order chi connectivity index (χ1) is 11.9. The van der Waals surface area contributed by atoms with Gasteiger partial charge in [-0.15, -0.1) is 0 Å². The van der Waals surface area contributed by atoms with Crippen molar-refractivity contribution in [3.8, 4) is 11.3 Å². The van der Waals surface area contributed by atoms with Gasteiger partial charge in [0.2, 0.25) is 0 Å². The minimum Gasteiger partial charge on any atom is -0.465 e. The van der Waals surface area contributed by atoms with Gasteiger partial charge in [-0.3, -0.25) is 14.9 Å². The fourth-order valence-electron chi connectivity index (χ4n) is 2.59. The van der Waals surface area contributed by atoms with Crippen molar-refractivity contribution in [2.45, 2.75) is 6.92 Å². The van der Waals surface area contributed by atoms with E-state index in [1.807, 2.05) is 0 Å². The molecule has 0 bridgehead atoms. The van der Waals surface area contributed by atoms with Gasteiger partial charge in [-0.05, 0) is 31.2 Å². The summed E-state index contributed by atoms with van der Waals surface area (Å²) in [6.45, 7) is 1.60. The molecule has 7 nitrogen and oxygen atoms in total. The number of para-hydroxylation sites is 1. The third-order valence-corrected chi connectivity index (χ3v) is 3.89. The number of ether oxygens (including phenoxy) is 1. The van der Waals surface area contributed by atoms with Crippen LogP contribution >= 0.6 is 0 Å². The molecule has 0 aliphatic rings. The van der Waals surface area contributed by atoms with Gasteiger partial charge in [0.05, 0.1) is 17.4 Å². The SMILES string of the molecule is COC(=O)c1cccc2c(=O)c(C)c(-c3ccc([N+](=O)[O-])cc3)oc12. The molecule has 0 atom stereocenters. The first-order valence-electron chi connectivity index (χ1n) is 7.33. The van der Waals surface area contributed by atoms with Crippen molar-refractivity contribution < 1.29 is 18.9 Å². The summed E-state index contributed by atoms with van der Waals surface area (Å²) >= 11 is 0. The molecule has 1 aromatic heterocycles. The highest BCUT2D eigenvalue weighted by atomic mass is 16.6. The Bertz CT molecular complexity index is 1050. The number of hydrogen-bond acceptors (Lipinski definition) is 6. The van der Waals surface area contributed by atoms with Crippen molar-refractivity contribution in [2.75, 3.05) is 7.11 Å². The van der Waals surface area contributed by atoms with E-state index in [1.54, 1.807) is 19.1 Å². The number of rotatable bonds is 3. The van der Waals surface area contributed by atoms with Crippen LogP contribution in [0.1, 0.15) is 15.9 Å². The van der Waals surface area contributed by atoms with E-state index >= 15 is 0 Å². The van der Waals surface area contributed by atoms with E-state index in [1.165, 1.54) is 37.4 Å². The molecule has 0 aliphatic heterocycles. The first-order valence-corrected chi connectivity index (χ1v) is 7.33. The molecule has 3 rings (SSSR count). The predicted molar refractivity (Wildman–Crippen MR) is 90.7 cm³/mol. The maximum atomic E-state index is 12.6. The number of nitro groups is 1. The molecule has 0 aliphatic carbocycles. The summed E-state index contributed by atoms with van der Waals surface area (Å²) in [6, 6.07) is 10.3. The highest BCUT2D eigenvalue weighted by molar-refractivity contribution is 6.02. The van der Waals surface area contributed by atoms with Crippen molar-refractivity contribution in [2.24, 2.45) is 0 Å². The van der Waals surface area contributed by atoms with Crippen LogP contribution in [0.3, 0.4) is 0 Å². The lowest BCUT2D eigenvalue weighted by molar-refractivity contribution is -0.384. The van der Waals surface area contributed by atoms with E-state index in [0.717, 1.165) is 0 Å². The summed E-state index contributed by atoms with van der Waals surface area (Å²) in [5.74, 6) is -0.365. The zero-order valence-electron chi connectivity index (χ0n) is 13.4. The summed E-state index contributed by atoms with van der Waals surface area (Å²) in [4.78, 5) is 34.8. The van der Waals surface area contributed by atoms with Crippen LogP contribution < -0.4 is 5.43 Å². The fourth-order valence-corrected chi connectivity index (χ4v) is 2.59. The molecule has 3 aromatic rings.